The second kappa shape index (κ2) is 9.18. The van der Waals surface area contributed by atoms with Gasteiger partial charge < -0.3 is 15.4 Å². The van der Waals surface area contributed by atoms with Gasteiger partial charge in [0.05, 0.1) is 6.54 Å². The number of aromatic amines is 1. The maximum absolute atomic E-state index is 12.7. The van der Waals surface area contributed by atoms with Crippen molar-refractivity contribution in [3.63, 3.8) is 0 Å². The number of carbonyl (C=O) groups is 1. The van der Waals surface area contributed by atoms with E-state index < -0.39 is 11.2 Å². The van der Waals surface area contributed by atoms with Crippen molar-refractivity contribution in [2.24, 2.45) is 5.92 Å². The number of ether oxygens (including phenoxy) is 1. The van der Waals surface area contributed by atoms with E-state index >= 15 is 0 Å². The van der Waals surface area contributed by atoms with Crippen molar-refractivity contribution in [3.8, 4) is 0 Å². The van der Waals surface area contributed by atoms with Crippen LogP contribution in [0.3, 0.4) is 0 Å². The summed E-state index contributed by atoms with van der Waals surface area (Å²) in [4.78, 5) is 41.1. The molecule has 0 saturated carbocycles. The number of nitrogens with one attached hydrogen (secondary N) is 1. The quantitative estimate of drug-likeness (QED) is 0.675. The minimum Gasteiger partial charge on any atom is -0.385 e. The number of benzene rings is 1. The molecule has 1 aromatic heterocycles. The van der Waals surface area contributed by atoms with Gasteiger partial charge in [-0.1, -0.05) is 44.2 Å². The Kier molecular flexibility index (Phi) is 6.95. The molecule has 8 nitrogen and oxygen atoms in total. The fraction of sp³-hybridized carbons (Fsp3) is 0.421. The molecule has 27 heavy (non-hydrogen) atoms. The van der Waals surface area contributed by atoms with Crippen LogP contribution in [-0.2, 0) is 16.1 Å². The van der Waals surface area contributed by atoms with Crippen molar-refractivity contribution >= 4 is 17.4 Å². The molecule has 3 N–H and O–H groups in total. The highest BCUT2D eigenvalue weighted by molar-refractivity contribution is 5.96. The third-order valence-corrected chi connectivity index (χ3v) is 4.16. The summed E-state index contributed by atoms with van der Waals surface area (Å²) in [6.07, 6.45) is 0.533. The summed E-state index contributed by atoms with van der Waals surface area (Å²) in [5.74, 6) is -0.604. The third kappa shape index (κ3) is 4.85. The molecule has 0 saturated heterocycles. The van der Waals surface area contributed by atoms with Crippen molar-refractivity contribution in [1.82, 2.24) is 9.55 Å². The van der Waals surface area contributed by atoms with Crippen LogP contribution < -0.4 is 21.9 Å². The predicted octanol–water partition coefficient (Wildman–Crippen LogP) is 1.19. The summed E-state index contributed by atoms with van der Waals surface area (Å²) >= 11 is 0. The standard InChI is InChI=1S/C19H26N4O4/c1-13(2)18(25)22(10-7-11-27-3)15-16(20)23(19(26)21-17(15)24)12-14-8-5-4-6-9-14/h4-6,8-9,13H,7,10-12,20H2,1-3H3,(H,21,24,26). The molecule has 0 radical (unpaired) electrons. The first-order valence-corrected chi connectivity index (χ1v) is 8.83. The van der Waals surface area contributed by atoms with Crippen LogP contribution in [0.1, 0.15) is 25.8 Å². The Bertz CT molecular complexity index is 887. The molecule has 0 aliphatic carbocycles. The van der Waals surface area contributed by atoms with Crippen molar-refractivity contribution in [2.75, 3.05) is 30.9 Å². The second-order valence-corrected chi connectivity index (χ2v) is 6.56. The largest absolute Gasteiger partial charge is 0.385 e. The van der Waals surface area contributed by atoms with Crippen LogP contribution in [0, 0.1) is 5.92 Å². The number of nitrogens with zero attached hydrogens (tertiary/aromatic N) is 2. The fourth-order valence-corrected chi connectivity index (χ4v) is 2.77. The van der Waals surface area contributed by atoms with Crippen LogP contribution in [0.25, 0.3) is 0 Å². The molecule has 8 heteroatoms. The number of amides is 1. The van der Waals surface area contributed by atoms with Crippen LogP contribution in [0.4, 0.5) is 11.5 Å². The Labute approximate surface area is 157 Å². The molecule has 0 bridgehead atoms. The van der Waals surface area contributed by atoms with Gasteiger partial charge in [0.1, 0.15) is 5.82 Å². The average Bonchev–Trinajstić information content (AvgIpc) is 2.64. The number of nitrogens with two attached hydrogens (primary N) is 1. The zero-order valence-electron chi connectivity index (χ0n) is 15.9. The van der Waals surface area contributed by atoms with Gasteiger partial charge in [0.2, 0.25) is 5.91 Å². The molecular formula is C19H26N4O4. The van der Waals surface area contributed by atoms with Crippen LogP contribution in [0.15, 0.2) is 39.9 Å². The second-order valence-electron chi connectivity index (χ2n) is 6.56. The van der Waals surface area contributed by atoms with Gasteiger partial charge in [-0.3, -0.25) is 19.1 Å². The smallest absolute Gasteiger partial charge is 0.330 e. The van der Waals surface area contributed by atoms with Gasteiger partial charge in [-0.25, -0.2) is 4.79 Å². The van der Waals surface area contributed by atoms with E-state index in [9.17, 15) is 14.4 Å². The summed E-state index contributed by atoms with van der Waals surface area (Å²) in [5.41, 5.74) is 5.76. The van der Waals surface area contributed by atoms with E-state index in [4.69, 9.17) is 10.5 Å². The maximum atomic E-state index is 12.7. The number of carbonyl (C=O) groups excluding carboxylic acids is 1. The fourth-order valence-electron chi connectivity index (χ4n) is 2.77. The van der Waals surface area contributed by atoms with Crippen LogP contribution in [0.2, 0.25) is 0 Å². The van der Waals surface area contributed by atoms with Crippen molar-refractivity contribution in [3.05, 3.63) is 56.7 Å². The molecule has 2 rings (SSSR count). The molecule has 0 atom stereocenters. The van der Waals surface area contributed by atoms with Crippen LogP contribution in [-0.4, -0.2) is 35.7 Å². The Morgan fingerprint density at radius 1 is 1.26 bits per heavy atom. The normalized spacial score (nSPS) is 11.0. The van der Waals surface area contributed by atoms with E-state index in [0.717, 1.165) is 5.56 Å². The molecule has 0 spiro atoms. The monoisotopic (exact) mass is 374 g/mol. The van der Waals surface area contributed by atoms with Crippen LogP contribution >= 0.6 is 0 Å². The average molecular weight is 374 g/mol. The number of methoxy groups -OCH3 is 1. The van der Waals surface area contributed by atoms with Gasteiger partial charge in [0, 0.05) is 26.2 Å². The number of hydrogen-bond acceptors (Lipinski definition) is 5. The van der Waals surface area contributed by atoms with E-state index in [1.54, 1.807) is 21.0 Å². The SMILES string of the molecule is COCCCN(C(=O)C(C)C)c1c(N)n(Cc2ccccc2)c(=O)[nH]c1=O. The highest BCUT2D eigenvalue weighted by Crippen LogP contribution is 2.20. The third-order valence-electron chi connectivity index (χ3n) is 4.16. The van der Waals surface area contributed by atoms with Crippen molar-refractivity contribution < 1.29 is 9.53 Å². The molecule has 2 aromatic rings. The summed E-state index contributed by atoms with van der Waals surface area (Å²) in [5, 5.41) is 0. The predicted molar refractivity (Wildman–Crippen MR) is 105 cm³/mol. The Morgan fingerprint density at radius 2 is 1.93 bits per heavy atom. The lowest BCUT2D eigenvalue weighted by Crippen LogP contribution is -2.43. The van der Waals surface area contributed by atoms with Crippen molar-refractivity contribution in [1.29, 1.82) is 0 Å². The molecular weight excluding hydrogens is 348 g/mol. The molecule has 146 valence electrons. The van der Waals surface area contributed by atoms with E-state index in [0.29, 0.717) is 13.0 Å². The van der Waals surface area contributed by atoms with E-state index in [-0.39, 0.29) is 36.4 Å². The number of anilines is 2. The summed E-state index contributed by atoms with van der Waals surface area (Å²) < 4.78 is 6.31. The van der Waals surface area contributed by atoms with Crippen LogP contribution in [0.5, 0.6) is 0 Å². The van der Waals surface area contributed by atoms with E-state index in [1.807, 2.05) is 30.3 Å². The number of H-pyrrole nitrogens is 1. The zero-order chi connectivity index (χ0) is 20.0. The Hall–Kier alpha value is -2.87. The van der Waals surface area contributed by atoms with Gasteiger partial charge in [0.25, 0.3) is 5.56 Å². The molecule has 1 aromatic carbocycles. The van der Waals surface area contributed by atoms with Gasteiger partial charge in [-0.15, -0.1) is 0 Å². The number of aromatic nitrogens is 2. The number of hydrogen-bond donors (Lipinski definition) is 2. The van der Waals surface area contributed by atoms with Gasteiger partial charge in [0.15, 0.2) is 5.69 Å². The summed E-state index contributed by atoms with van der Waals surface area (Å²) in [6.45, 7) is 4.38. The first-order valence-electron chi connectivity index (χ1n) is 8.83. The minimum absolute atomic E-state index is 0.000309. The van der Waals surface area contributed by atoms with Crippen molar-refractivity contribution in [2.45, 2.75) is 26.8 Å². The molecule has 1 amide bonds. The zero-order valence-corrected chi connectivity index (χ0v) is 15.9. The lowest BCUT2D eigenvalue weighted by molar-refractivity contribution is -0.121. The molecule has 0 aliphatic rings. The lowest BCUT2D eigenvalue weighted by Gasteiger charge is -2.26. The topological polar surface area (TPSA) is 110 Å². The lowest BCUT2D eigenvalue weighted by atomic mass is 10.1. The summed E-state index contributed by atoms with van der Waals surface area (Å²) in [6, 6.07) is 9.27. The maximum Gasteiger partial charge on any atom is 0.330 e. The Balaban J connectivity index is 2.52. The van der Waals surface area contributed by atoms with Gasteiger partial charge in [-0.05, 0) is 12.0 Å². The molecule has 0 unspecified atom stereocenters. The summed E-state index contributed by atoms with van der Waals surface area (Å²) in [7, 11) is 1.57. The minimum atomic E-state index is -0.673. The molecule has 1 heterocycles. The van der Waals surface area contributed by atoms with Gasteiger partial charge >= 0.3 is 5.69 Å². The van der Waals surface area contributed by atoms with E-state index in [2.05, 4.69) is 4.98 Å². The Morgan fingerprint density at radius 3 is 2.52 bits per heavy atom. The first kappa shape index (κ1) is 20.4. The molecule has 0 aliphatic heterocycles. The molecule has 0 fully saturated rings. The van der Waals surface area contributed by atoms with Gasteiger partial charge in [-0.2, -0.15) is 0 Å². The highest BCUT2D eigenvalue weighted by atomic mass is 16.5. The number of nitrogen functional groups attached to an aromatic ring is 1. The number of rotatable bonds is 8. The van der Waals surface area contributed by atoms with E-state index in [1.165, 1.54) is 9.47 Å². The first-order chi connectivity index (χ1) is 12.9. The highest BCUT2D eigenvalue weighted by Gasteiger charge is 2.25.